The van der Waals surface area contributed by atoms with Gasteiger partial charge in [0.05, 0.1) is 0 Å². The highest BCUT2D eigenvalue weighted by molar-refractivity contribution is 6.13. The monoisotopic (exact) mass is 833 g/mol. The summed E-state index contributed by atoms with van der Waals surface area (Å²) in [4.78, 5) is 15.5. The van der Waals surface area contributed by atoms with Gasteiger partial charge in [0, 0.05) is 43.7 Å². The third-order valence-corrected chi connectivity index (χ3v) is 13.4. The quantitative estimate of drug-likeness (QED) is 0.167. The highest BCUT2D eigenvalue weighted by Gasteiger charge is 2.35. The van der Waals surface area contributed by atoms with Gasteiger partial charge in [-0.15, -0.1) is 0 Å². The predicted octanol–water partition coefficient (Wildman–Crippen LogP) is 16.0. The maximum absolute atomic E-state index is 6.54. The Hall–Kier alpha value is -8.41. The predicted molar refractivity (Wildman–Crippen MR) is 265 cm³/mol. The second-order valence-corrected chi connectivity index (χ2v) is 17.6. The summed E-state index contributed by atoms with van der Waals surface area (Å²) < 4.78 is 12.9. The van der Waals surface area contributed by atoms with Crippen LogP contribution in [0.3, 0.4) is 0 Å². The lowest BCUT2D eigenvalue weighted by molar-refractivity contribution is 0.660. The number of para-hydroxylation sites is 1. The summed E-state index contributed by atoms with van der Waals surface area (Å²) in [6, 6.07) is 70.3. The van der Waals surface area contributed by atoms with Gasteiger partial charge in [-0.25, -0.2) is 15.0 Å². The minimum atomic E-state index is -0.0498. The first kappa shape index (κ1) is 37.2. The number of benzene rings is 9. The summed E-state index contributed by atoms with van der Waals surface area (Å²) >= 11 is 0. The zero-order valence-electron chi connectivity index (χ0n) is 35.7. The lowest BCUT2D eigenvalue weighted by Crippen LogP contribution is -2.14. The number of aromatic nitrogens is 3. The van der Waals surface area contributed by atoms with E-state index in [1.807, 2.05) is 42.5 Å². The van der Waals surface area contributed by atoms with Crippen LogP contribution in [0.4, 0.5) is 0 Å². The second kappa shape index (κ2) is 14.3. The van der Waals surface area contributed by atoms with Crippen molar-refractivity contribution >= 4 is 43.9 Å². The molecule has 5 nitrogen and oxygen atoms in total. The molecule has 0 aliphatic heterocycles. The molecule has 1 aliphatic carbocycles. The molecule has 3 aromatic heterocycles. The Morgan fingerprint density at radius 1 is 0.308 bits per heavy atom. The normalized spacial score (nSPS) is 12.9. The first-order chi connectivity index (χ1) is 31.9. The Kier molecular flexibility index (Phi) is 8.18. The summed E-state index contributed by atoms with van der Waals surface area (Å²) in [5.41, 5.74) is 18.1. The van der Waals surface area contributed by atoms with Gasteiger partial charge in [0.15, 0.2) is 17.5 Å². The number of nitrogens with zero attached hydrogens (tertiary/aromatic N) is 3. The molecule has 0 atom stereocenters. The SMILES string of the molecule is CC1(C)c2ccccc2-c2ccc(-c3ccc(-c4ccc5oc6cccc(-c7nc(-c8ccc(-c9ccccc9)cc8)nc(-c8ccc9c(c8)oc8ccccc89)n7)c6c5c4)cc3)cc21. The maximum Gasteiger partial charge on any atom is 0.164 e. The van der Waals surface area contributed by atoms with Crippen LogP contribution in [0.2, 0.25) is 0 Å². The van der Waals surface area contributed by atoms with Gasteiger partial charge >= 0.3 is 0 Å². The molecule has 65 heavy (non-hydrogen) atoms. The van der Waals surface area contributed by atoms with E-state index < -0.39 is 0 Å². The standard InChI is InChI=1S/C60H39N3O2/c1-60(2)50-16-8-6-13-44(50)45-30-27-42(34-51(45)60)39-21-19-38(20-22-39)41-29-32-53-49(33-41)56-48(15-10-18-54(56)64-53)59-62-57(40-25-23-37(24-26-40)36-11-4-3-5-12-36)61-58(63-59)43-28-31-47-46-14-7-9-17-52(46)65-55(47)35-43/h3-35H,1-2H3. The Balaban J connectivity index is 0.909. The van der Waals surface area contributed by atoms with Crippen LogP contribution in [-0.2, 0) is 5.41 Å². The Labute approximate surface area is 375 Å². The second-order valence-electron chi connectivity index (χ2n) is 17.6. The molecule has 0 spiro atoms. The highest BCUT2D eigenvalue weighted by atomic mass is 16.3. The summed E-state index contributed by atoms with van der Waals surface area (Å²) in [6.07, 6.45) is 0. The molecule has 306 valence electrons. The van der Waals surface area contributed by atoms with Gasteiger partial charge in [-0.05, 0) is 98.1 Å². The van der Waals surface area contributed by atoms with Gasteiger partial charge < -0.3 is 8.83 Å². The van der Waals surface area contributed by atoms with E-state index in [0.29, 0.717) is 17.5 Å². The number of hydrogen-bond acceptors (Lipinski definition) is 5. The molecule has 0 radical (unpaired) electrons. The zero-order chi connectivity index (χ0) is 43.2. The first-order valence-electron chi connectivity index (χ1n) is 22.1. The molecule has 5 heteroatoms. The molecule has 0 saturated carbocycles. The molecule has 1 aliphatic rings. The summed E-state index contributed by atoms with van der Waals surface area (Å²) in [5.74, 6) is 1.70. The average molecular weight is 834 g/mol. The van der Waals surface area contributed by atoms with Crippen molar-refractivity contribution in [1.82, 2.24) is 15.0 Å². The molecule has 0 bridgehead atoms. The van der Waals surface area contributed by atoms with Crippen LogP contribution in [0.5, 0.6) is 0 Å². The molecule has 9 aromatic carbocycles. The third kappa shape index (κ3) is 6.04. The molecule has 0 unspecified atom stereocenters. The molecule has 12 aromatic rings. The lowest BCUT2D eigenvalue weighted by atomic mass is 9.81. The topological polar surface area (TPSA) is 65.0 Å². The minimum absolute atomic E-state index is 0.0498. The Bertz CT molecular complexity index is 3840. The van der Waals surface area contributed by atoms with Crippen molar-refractivity contribution < 1.29 is 8.83 Å². The van der Waals surface area contributed by atoms with Crippen molar-refractivity contribution in [2.75, 3.05) is 0 Å². The smallest absolute Gasteiger partial charge is 0.164 e. The zero-order valence-corrected chi connectivity index (χ0v) is 35.7. The first-order valence-corrected chi connectivity index (χ1v) is 22.1. The van der Waals surface area contributed by atoms with Crippen LogP contribution in [-0.4, -0.2) is 15.0 Å². The van der Waals surface area contributed by atoms with E-state index in [4.69, 9.17) is 23.8 Å². The van der Waals surface area contributed by atoms with Crippen molar-refractivity contribution in [3.63, 3.8) is 0 Å². The molecule has 13 rings (SSSR count). The van der Waals surface area contributed by atoms with Crippen LogP contribution >= 0.6 is 0 Å². The van der Waals surface area contributed by atoms with Crippen LogP contribution < -0.4 is 0 Å². The third-order valence-electron chi connectivity index (χ3n) is 13.4. The summed E-state index contributed by atoms with van der Waals surface area (Å²) in [7, 11) is 0. The minimum Gasteiger partial charge on any atom is -0.456 e. The van der Waals surface area contributed by atoms with E-state index in [1.54, 1.807) is 0 Å². The number of hydrogen-bond donors (Lipinski definition) is 0. The van der Waals surface area contributed by atoms with Crippen LogP contribution in [0.25, 0.3) is 123 Å². The van der Waals surface area contributed by atoms with Crippen molar-refractivity contribution in [2.24, 2.45) is 0 Å². The summed E-state index contributed by atoms with van der Waals surface area (Å²) in [5, 5.41) is 4.08. The Morgan fingerprint density at radius 3 is 1.65 bits per heavy atom. The van der Waals surface area contributed by atoms with Crippen molar-refractivity contribution in [1.29, 1.82) is 0 Å². The maximum atomic E-state index is 6.54. The lowest BCUT2D eigenvalue weighted by Gasteiger charge is -2.22. The fourth-order valence-corrected chi connectivity index (χ4v) is 9.99. The average Bonchev–Trinajstić information content (AvgIpc) is 4.01. The number of rotatable bonds is 6. The van der Waals surface area contributed by atoms with Gasteiger partial charge in [0.2, 0.25) is 0 Å². The molecular formula is C60H39N3O2. The van der Waals surface area contributed by atoms with Gasteiger partial charge in [0.25, 0.3) is 0 Å². The van der Waals surface area contributed by atoms with Crippen molar-refractivity contribution in [3.05, 3.63) is 211 Å². The fraction of sp³-hybridized carbons (Fsp3) is 0.0500. The van der Waals surface area contributed by atoms with E-state index in [-0.39, 0.29) is 5.41 Å². The van der Waals surface area contributed by atoms with Gasteiger partial charge in [-0.1, -0.05) is 172 Å². The number of furan rings is 2. The van der Waals surface area contributed by atoms with Crippen LogP contribution in [0.1, 0.15) is 25.0 Å². The van der Waals surface area contributed by atoms with Gasteiger partial charge in [0.1, 0.15) is 22.3 Å². The van der Waals surface area contributed by atoms with E-state index >= 15 is 0 Å². The van der Waals surface area contributed by atoms with Gasteiger partial charge in [-0.3, -0.25) is 0 Å². The molecule has 0 N–H and O–H groups in total. The Morgan fingerprint density at radius 2 is 0.831 bits per heavy atom. The van der Waals surface area contributed by atoms with Crippen molar-refractivity contribution in [3.8, 4) is 78.7 Å². The van der Waals surface area contributed by atoms with Crippen LogP contribution in [0.15, 0.2) is 209 Å². The van der Waals surface area contributed by atoms with Crippen molar-refractivity contribution in [2.45, 2.75) is 19.3 Å². The van der Waals surface area contributed by atoms with Crippen LogP contribution in [0, 0.1) is 0 Å². The molecule has 3 heterocycles. The van der Waals surface area contributed by atoms with Gasteiger partial charge in [-0.2, -0.15) is 0 Å². The molecule has 0 fully saturated rings. The molecular weight excluding hydrogens is 795 g/mol. The van der Waals surface area contributed by atoms with E-state index in [9.17, 15) is 0 Å². The van der Waals surface area contributed by atoms with E-state index in [1.165, 1.54) is 33.4 Å². The van der Waals surface area contributed by atoms with E-state index in [2.05, 4.69) is 172 Å². The highest BCUT2D eigenvalue weighted by Crippen LogP contribution is 2.49. The molecule has 0 amide bonds. The largest absolute Gasteiger partial charge is 0.456 e. The number of fused-ring (bicyclic) bond motifs is 9. The fourth-order valence-electron chi connectivity index (χ4n) is 9.99. The van der Waals surface area contributed by atoms with E-state index in [0.717, 1.165) is 82.8 Å². The molecule has 0 saturated heterocycles. The summed E-state index contributed by atoms with van der Waals surface area (Å²) in [6.45, 7) is 4.66.